The van der Waals surface area contributed by atoms with E-state index in [1.807, 2.05) is 31.2 Å². The Morgan fingerprint density at radius 2 is 2.07 bits per heavy atom. The molecule has 1 aromatic heterocycles. The van der Waals surface area contributed by atoms with Gasteiger partial charge in [-0.1, -0.05) is 18.2 Å². The third-order valence-electron chi connectivity index (χ3n) is 5.13. The number of aryl methyl sites for hydroxylation is 1. The lowest BCUT2D eigenvalue weighted by molar-refractivity contribution is 0.0627. The maximum atomic E-state index is 13.7. The third kappa shape index (κ3) is 4.32. The van der Waals surface area contributed by atoms with Crippen LogP contribution in [0.1, 0.15) is 27.7 Å². The molecule has 3 aromatic rings. The Morgan fingerprint density at radius 1 is 1.23 bits per heavy atom. The molecule has 1 N–H and O–H groups in total. The molecule has 2 aromatic carbocycles. The number of rotatable bonds is 4. The van der Waals surface area contributed by atoms with Crippen molar-refractivity contribution >= 4 is 18.3 Å². The maximum Gasteiger partial charge on any atom is 0.274 e. The molecule has 158 valence electrons. The summed E-state index contributed by atoms with van der Waals surface area (Å²) in [5, 5.41) is 7.78. The fourth-order valence-electron chi connectivity index (χ4n) is 3.66. The Morgan fingerprint density at radius 3 is 2.83 bits per heavy atom. The molecule has 0 saturated carbocycles. The molecule has 8 heteroatoms. The van der Waals surface area contributed by atoms with Crippen molar-refractivity contribution in [2.75, 3.05) is 26.7 Å². The molecule has 30 heavy (non-hydrogen) atoms. The van der Waals surface area contributed by atoms with Crippen LogP contribution in [0.25, 0.3) is 5.69 Å². The van der Waals surface area contributed by atoms with Gasteiger partial charge in [-0.2, -0.15) is 5.10 Å². The molecule has 6 nitrogen and oxygen atoms in total. The second-order valence-corrected chi connectivity index (χ2v) is 7.09. The quantitative estimate of drug-likeness (QED) is 0.687. The van der Waals surface area contributed by atoms with Crippen LogP contribution in [0.2, 0.25) is 0 Å². The van der Waals surface area contributed by atoms with Gasteiger partial charge in [-0.15, -0.1) is 12.4 Å². The van der Waals surface area contributed by atoms with Crippen molar-refractivity contribution in [2.24, 2.45) is 0 Å². The van der Waals surface area contributed by atoms with Crippen LogP contribution in [0.3, 0.4) is 0 Å². The first-order chi connectivity index (χ1) is 14.1. The van der Waals surface area contributed by atoms with Crippen LogP contribution < -0.4 is 10.1 Å². The summed E-state index contributed by atoms with van der Waals surface area (Å²) in [6.45, 7) is 3.77. The number of amides is 1. The average Bonchev–Trinajstić information content (AvgIpc) is 3.23. The van der Waals surface area contributed by atoms with E-state index in [1.54, 1.807) is 35.0 Å². The summed E-state index contributed by atoms with van der Waals surface area (Å²) in [7, 11) is 1.61. The summed E-state index contributed by atoms with van der Waals surface area (Å²) in [6.07, 6.45) is 1.75. The van der Waals surface area contributed by atoms with E-state index < -0.39 is 0 Å². The van der Waals surface area contributed by atoms with Crippen molar-refractivity contribution in [3.8, 4) is 11.4 Å². The highest BCUT2D eigenvalue weighted by atomic mass is 35.5. The van der Waals surface area contributed by atoms with E-state index in [2.05, 4.69) is 10.4 Å². The molecule has 1 amide bonds. The van der Waals surface area contributed by atoms with Crippen molar-refractivity contribution in [2.45, 2.75) is 13.0 Å². The second-order valence-electron chi connectivity index (χ2n) is 7.09. The summed E-state index contributed by atoms with van der Waals surface area (Å²) >= 11 is 0. The van der Waals surface area contributed by atoms with E-state index in [9.17, 15) is 9.18 Å². The molecule has 0 aliphatic carbocycles. The molecule has 0 radical (unpaired) electrons. The second kappa shape index (κ2) is 9.28. The Balaban J connectivity index is 0.00000256. The summed E-state index contributed by atoms with van der Waals surface area (Å²) in [5.41, 5.74) is 2.95. The molecule has 2 heterocycles. The van der Waals surface area contributed by atoms with Gasteiger partial charge in [-0.25, -0.2) is 9.07 Å². The van der Waals surface area contributed by atoms with Gasteiger partial charge in [-0.3, -0.25) is 4.79 Å². The molecule has 1 aliphatic heterocycles. The van der Waals surface area contributed by atoms with E-state index in [0.29, 0.717) is 31.1 Å². The van der Waals surface area contributed by atoms with Crippen LogP contribution in [0.4, 0.5) is 4.39 Å². The Hall–Kier alpha value is -2.90. The highest BCUT2D eigenvalue weighted by molar-refractivity contribution is 5.92. The number of hydrogen-bond donors (Lipinski definition) is 1. The molecule has 0 spiro atoms. The van der Waals surface area contributed by atoms with Crippen molar-refractivity contribution in [3.63, 3.8) is 0 Å². The summed E-state index contributed by atoms with van der Waals surface area (Å²) < 4.78 is 20.8. The number of ether oxygens (including phenoxy) is 1. The van der Waals surface area contributed by atoms with Gasteiger partial charge in [0.15, 0.2) is 5.69 Å². The maximum absolute atomic E-state index is 13.7. The number of aromatic nitrogens is 2. The minimum Gasteiger partial charge on any atom is -0.494 e. The lowest BCUT2D eigenvalue weighted by Crippen LogP contribution is -2.48. The molecule has 1 aliphatic rings. The van der Waals surface area contributed by atoms with Crippen molar-refractivity contribution in [1.29, 1.82) is 0 Å². The van der Waals surface area contributed by atoms with Gasteiger partial charge in [0.05, 0.1) is 13.2 Å². The standard InChI is InChI=1S/C22H23FN4O2.ClH/c1-15-6-7-21(29-2)19(12-15)27-10-8-18(25-27)22(28)26-11-9-24-14-20(26)16-4-3-5-17(23)13-16;/h3-8,10,12-13,20,24H,9,11,14H2,1-2H3;1H. The van der Waals surface area contributed by atoms with Gasteiger partial charge in [0, 0.05) is 25.8 Å². The monoisotopic (exact) mass is 430 g/mol. The zero-order valence-electron chi connectivity index (χ0n) is 16.8. The van der Waals surface area contributed by atoms with Gasteiger partial charge in [0.1, 0.15) is 17.3 Å². The first-order valence-electron chi connectivity index (χ1n) is 9.54. The van der Waals surface area contributed by atoms with Gasteiger partial charge < -0.3 is 15.0 Å². The van der Waals surface area contributed by atoms with Crippen LogP contribution in [0.5, 0.6) is 5.75 Å². The zero-order valence-corrected chi connectivity index (χ0v) is 17.7. The summed E-state index contributed by atoms with van der Waals surface area (Å²) in [5.74, 6) is 0.194. The Bertz CT molecular complexity index is 1040. The van der Waals surface area contributed by atoms with Gasteiger partial charge in [-0.05, 0) is 48.4 Å². The third-order valence-corrected chi connectivity index (χ3v) is 5.13. The number of carbonyl (C=O) groups is 1. The number of halogens is 2. The van der Waals surface area contributed by atoms with E-state index in [4.69, 9.17) is 4.74 Å². The van der Waals surface area contributed by atoms with Crippen molar-refractivity contribution < 1.29 is 13.9 Å². The van der Waals surface area contributed by atoms with Gasteiger partial charge in [0.2, 0.25) is 0 Å². The number of piperazine rings is 1. The highest BCUT2D eigenvalue weighted by Crippen LogP contribution is 2.26. The number of carbonyl (C=O) groups excluding carboxylic acids is 1. The van der Waals surface area contributed by atoms with E-state index >= 15 is 0 Å². The molecule has 4 rings (SSSR count). The summed E-state index contributed by atoms with van der Waals surface area (Å²) in [6, 6.07) is 13.7. The SMILES string of the molecule is COc1ccc(C)cc1-n1ccc(C(=O)N2CCNCC2c2cccc(F)c2)n1.Cl. The van der Waals surface area contributed by atoms with Crippen LogP contribution in [0, 0.1) is 12.7 Å². The highest BCUT2D eigenvalue weighted by Gasteiger charge is 2.30. The predicted octanol–water partition coefficient (Wildman–Crippen LogP) is 3.54. The Kier molecular flexibility index (Phi) is 6.74. The molecule has 0 bridgehead atoms. The molecule has 1 unspecified atom stereocenters. The molecule has 1 saturated heterocycles. The number of hydrogen-bond acceptors (Lipinski definition) is 4. The van der Waals surface area contributed by atoms with Crippen molar-refractivity contribution in [1.82, 2.24) is 20.0 Å². The van der Waals surface area contributed by atoms with Crippen LogP contribution in [-0.4, -0.2) is 47.3 Å². The van der Waals surface area contributed by atoms with Crippen LogP contribution in [0.15, 0.2) is 54.7 Å². The number of methoxy groups -OCH3 is 1. The van der Waals surface area contributed by atoms with E-state index in [1.165, 1.54) is 12.1 Å². The number of nitrogens with one attached hydrogen (secondary N) is 1. The molecule has 1 atom stereocenters. The van der Waals surface area contributed by atoms with Gasteiger partial charge in [0.25, 0.3) is 5.91 Å². The molecular weight excluding hydrogens is 407 g/mol. The number of nitrogens with zero attached hydrogens (tertiary/aromatic N) is 3. The van der Waals surface area contributed by atoms with Gasteiger partial charge >= 0.3 is 0 Å². The van der Waals surface area contributed by atoms with Crippen LogP contribution in [-0.2, 0) is 0 Å². The normalized spacial score (nSPS) is 16.1. The minimum absolute atomic E-state index is 0. The number of benzene rings is 2. The van der Waals surface area contributed by atoms with E-state index in [0.717, 1.165) is 16.8 Å². The largest absolute Gasteiger partial charge is 0.494 e. The molecule has 1 fully saturated rings. The molecular formula is C22H24ClFN4O2. The smallest absolute Gasteiger partial charge is 0.274 e. The fraction of sp³-hybridized carbons (Fsp3) is 0.273. The topological polar surface area (TPSA) is 59.4 Å². The average molecular weight is 431 g/mol. The zero-order chi connectivity index (χ0) is 20.4. The van der Waals surface area contributed by atoms with Crippen molar-refractivity contribution in [3.05, 3.63) is 77.4 Å². The fourth-order valence-corrected chi connectivity index (χ4v) is 3.66. The first kappa shape index (κ1) is 21.8. The van der Waals surface area contributed by atoms with Crippen LogP contribution >= 0.6 is 12.4 Å². The minimum atomic E-state index is -0.309. The van der Waals surface area contributed by atoms with E-state index in [-0.39, 0.29) is 30.2 Å². The lowest BCUT2D eigenvalue weighted by atomic mass is 10.0. The first-order valence-corrected chi connectivity index (χ1v) is 9.54. The summed E-state index contributed by atoms with van der Waals surface area (Å²) in [4.78, 5) is 15.0. The Labute approximate surface area is 181 Å². The lowest BCUT2D eigenvalue weighted by Gasteiger charge is -2.36. The predicted molar refractivity (Wildman–Crippen MR) is 115 cm³/mol.